The summed E-state index contributed by atoms with van der Waals surface area (Å²) in [6, 6.07) is 0. The zero-order valence-corrected chi connectivity index (χ0v) is 9.03. The Hall–Kier alpha value is -0.310. The van der Waals surface area contributed by atoms with E-state index in [9.17, 15) is 19.9 Å². The van der Waals surface area contributed by atoms with Crippen LogP contribution in [0.25, 0.3) is 0 Å². The van der Waals surface area contributed by atoms with E-state index in [1.165, 1.54) is 0 Å². The molecule has 9 heteroatoms. The van der Waals surface area contributed by atoms with Gasteiger partial charge in [0.05, 0.1) is 0 Å². The van der Waals surface area contributed by atoms with E-state index in [1.54, 1.807) is 0 Å². The Morgan fingerprint density at radius 1 is 1.50 bits per heavy atom. The van der Waals surface area contributed by atoms with Gasteiger partial charge in [0.1, 0.15) is 24.9 Å². The number of hydrogen-bond donors (Lipinski definition) is 5. The third-order valence-electron chi connectivity index (χ3n) is 2.13. The molecule has 1 heterocycles. The van der Waals surface area contributed by atoms with Crippen LogP contribution in [0, 0.1) is 0 Å². The van der Waals surface area contributed by atoms with Gasteiger partial charge in [0.25, 0.3) is 0 Å². The number of hydrogen-bond acceptors (Lipinski definition) is 6. The zero-order valence-electron chi connectivity index (χ0n) is 8.13. The number of aliphatic hydroxyl groups is 3. The van der Waals surface area contributed by atoms with Gasteiger partial charge in [-0.3, -0.25) is 4.52 Å². The summed E-state index contributed by atoms with van der Waals surface area (Å²) in [6.07, 6.45) is -3.09. The predicted molar refractivity (Wildman–Crippen MR) is 50.0 cm³/mol. The number of aliphatic hydroxyl groups excluding tert-OH is 2. The Morgan fingerprint density at radius 3 is 2.44 bits per heavy atom. The van der Waals surface area contributed by atoms with Crippen LogP contribution in [-0.2, 0) is 13.8 Å². The topological polar surface area (TPSA) is 137 Å². The average molecular weight is 256 g/mol. The summed E-state index contributed by atoms with van der Waals surface area (Å²) >= 11 is 0. The molecule has 0 bridgehead atoms. The van der Waals surface area contributed by atoms with E-state index in [0.717, 1.165) is 6.08 Å². The van der Waals surface area contributed by atoms with E-state index in [2.05, 4.69) is 11.1 Å². The molecule has 0 aromatic heterocycles. The van der Waals surface area contributed by atoms with Gasteiger partial charge in [-0.25, -0.2) is 4.57 Å². The zero-order chi connectivity index (χ0) is 12.6. The molecule has 0 aliphatic carbocycles. The third kappa shape index (κ3) is 2.88. The van der Waals surface area contributed by atoms with Crippen molar-refractivity contribution in [2.24, 2.45) is 0 Å². The van der Waals surface area contributed by atoms with Gasteiger partial charge < -0.3 is 29.8 Å². The van der Waals surface area contributed by atoms with E-state index in [4.69, 9.17) is 14.5 Å². The van der Waals surface area contributed by atoms with Crippen molar-refractivity contribution in [3.8, 4) is 0 Å². The maximum Gasteiger partial charge on any atom is 0.469 e. The maximum absolute atomic E-state index is 10.4. The van der Waals surface area contributed by atoms with Crippen molar-refractivity contribution in [3.63, 3.8) is 0 Å². The molecule has 1 saturated heterocycles. The molecule has 1 unspecified atom stereocenters. The summed E-state index contributed by atoms with van der Waals surface area (Å²) in [5.41, 5.74) is 0. The molecule has 0 saturated carbocycles. The van der Waals surface area contributed by atoms with Crippen LogP contribution in [0.1, 0.15) is 0 Å². The minimum Gasteiger partial charge on any atom is -0.387 e. The van der Waals surface area contributed by atoms with Crippen molar-refractivity contribution in [1.82, 2.24) is 0 Å². The highest BCUT2D eigenvalue weighted by Crippen LogP contribution is 2.39. The summed E-state index contributed by atoms with van der Waals surface area (Å²) in [5.74, 6) is -2.38. The SMILES string of the molecule is C=C[C@@H]1OC(O)(COP(=O)(O)O)[C@H](O)[C@@H]1O. The second-order valence-corrected chi connectivity index (χ2v) is 4.60. The fraction of sp³-hybridized carbons (Fsp3) is 0.714. The van der Waals surface area contributed by atoms with Gasteiger partial charge >= 0.3 is 7.82 Å². The lowest BCUT2D eigenvalue weighted by atomic mass is 10.1. The summed E-state index contributed by atoms with van der Waals surface area (Å²) in [5, 5.41) is 28.4. The Labute approximate surface area is 91.0 Å². The lowest BCUT2D eigenvalue weighted by Gasteiger charge is -2.25. The number of rotatable bonds is 4. The van der Waals surface area contributed by atoms with Gasteiger partial charge in [0, 0.05) is 0 Å². The molecule has 1 rings (SSSR count). The normalized spacial score (nSPS) is 39.9. The summed E-state index contributed by atoms with van der Waals surface area (Å²) in [4.78, 5) is 16.9. The Morgan fingerprint density at radius 2 is 2.06 bits per heavy atom. The highest BCUT2D eigenvalue weighted by molar-refractivity contribution is 7.46. The predicted octanol–water partition coefficient (Wildman–Crippen LogP) is -1.91. The fourth-order valence-corrected chi connectivity index (χ4v) is 1.66. The smallest absolute Gasteiger partial charge is 0.387 e. The molecule has 0 amide bonds. The van der Waals surface area contributed by atoms with Gasteiger partial charge in [0.15, 0.2) is 0 Å². The molecule has 8 nitrogen and oxygen atoms in total. The molecule has 0 aromatic rings. The van der Waals surface area contributed by atoms with Crippen LogP contribution >= 0.6 is 7.82 Å². The number of phosphoric ester groups is 1. The first-order valence-electron chi connectivity index (χ1n) is 4.28. The van der Waals surface area contributed by atoms with Crippen molar-refractivity contribution < 1.29 is 38.9 Å². The van der Waals surface area contributed by atoms with E-state index >= 15 is 0 Å². The first kappa shape index (κ1) is 13.8. The minimum absolute atomic E-state index is 0.972. The van der Waals surface area contributed by atoms with Crippen LogP contribution in [0.2, 0.25) is 0 Å². The highest BCUT2D eigenvalue weighted by atomic mass is 31.2. The van der Waals surface area contributed by atoms with Crippen molar-refractivity contribution in [2.75, 3.05) is 6.61 Å². The van der Waals surface area contributed by atoms with Crippen LogP contribution in [0.15, 0.2) is 12.7 Å². The first-order chi connectivity index (χ1) is 7.19. The van der Waals surface area contributed by atoms with Crippen LogP contribution in [0.5, 0.6) is 0 Å². The summed E-state index contributed by atoms with van der Waals surface area (Å²) < 4.78 is 19.2. The number of ether oxygens (including phenoxy) is 1. The fourth-order valence-electron chi connectivity index (χ4n) is 1.31. The van der Waals surface area contributed by atoms with Crippen molar-refractivity contribution in [3.05, 3.63) is 12.7 Å². The molecule has 0 radical (unpaired) electrons. The lowest BCUT2D eigenvalue weighted by Crippen LogP contribution is -2.46. The molecule has 16 heavy (non-hydrogen) atoms. The van der Waals surface area contributed by atoms with Crippen LogP contribution < -0.4 is 0 Å². The van der Waals surface area contributed by atoms with Crippen LogP contribution in [-0.4, -0.2) is 55.8 Å². The second-order valence-electron chi connectivity index (χ2n) is 3.36. The van der Waals surface area contributed by atoms with Gasteiger partial charge in [-0.15, -0.1) is 6.58 Å². The van der Waals surface area contributed by atoms with E-state index in [0.29, 0.717) is 0 Å². The third-order valence-corrected chi connectivity index (χ3v) is 2.60. The average Bonchev–Trinajstić information content (AvgIpc) is 2.40. The van der Waals surface area contributed by atoms with Gasteiger partial charge in [-0.1, -0.05) is 6.08 Å². The standard InChI is InChI=1S/C7H13O8P/c1-2-4-5(8)6(9)7(10,15-4)3-14-16(11,12)13/h2,4-6,8-10H,1,3H2,(H2,11,12,13)/t4-,5+,6+,7?/m0/s1. The summed E-state index contributed by atoms with van der Waals surface area (Å²) in [7, 11) is -4.79. The molecule has 94 valence electrons. The molecular weight excluding hydrogens is 243 g/mol. The number of phosphoric acid groups is 1. The van der Waals surface area contributed by atoms with Crippen LogP contribution in [0.3, 0.4) is 0 Å². The Balaban J connectivity index is 2.71. The molecule has 1 aliphatic heterocycles. The molecule has 0 aromatic carbocycles. The van der Waals surface area contributed by atoms with E-state index < -0.39 is 38.5 Å². The Bertz CT molecular complexity index is 314. The monoisotopic (exact) mass is 256 g/mol. The molecule has 5 N–H and O–H groups in total. The lowest BCUT2D eigenvalue weighted by molar-refractivity contribution is -0.238. The maximum atomic E-state index is 10.4. The van der Waals surface area contributed by atoms with E-state index in [1.807, 2.05) is 0 Å². The van der Waals surface area contributed by atoms with Crippen LogP contribution in [0.4, 0.5) is 0 Å². The largest absolute Gasteiger partial charge is 0.469 e. The second kappa shape index (κ2) is 4.52. The quantitative estimate of drug-likeness (QED) is 0.290. The molecule has 1 fully saturated rings. The van der Waals surface area contributed by atoms with Crippen molar-refractivity contribution >= 4 is 7.82 Å². The molecular formula is C7H13O8P. The van der Waals surface area contributed by atoms with Gasteiger partial charge in [-0.2, -0.15) is 0 Å². The highest BCUT2D eigenvalue weighted by Gasteiger charge is 2.53. The molecule has 4 atom stereocenters. The Kier molecular flexibility index (Phi) is 3.88. The van der Waals surface area contributed by atoms with Crippen molar-refractivity contribution in [1.29, 1.82) is 0 Å². The van der Waals surface area contributed by atoms with Gasteiger partial charge in [0.2, 0.25) is 5.79 Å². The molecule has 0 spiro atoms. The molecule has 1 aliphatic rings. The first-order valence-corrected chi connectivity index (χ1v) is 5.81. The van der Waals surface area contributed by atoms with E-state index in [-0.39, 0.29) is 0 Å². The van der Waals surface area contributed by atoms with Crippen molar-refractivity contribution in [2.45, 2.75) is 24.1 Å². The summed E-state index contributed by atoms with van der Waals surface area (Å²) in [6.45, 7) is 2.33. The van der Waals surface area contributed by atoms with Gasteiger partial charge in [-0.05, 0) is 0 Å². The minimum atomic E-state index is -4.79.